The molecule has 0 fully saturated rings. The maximum Gasteiger partial charge on any atom is 0.254 e. The summed E-state index contributed by atoms with van der Waals surface area (Å²) < 4.78 is 18.1. The zero-order chi connectivity index (χ0) is 24.5. The summed E-state index contributed by atoms with van der Waals surface area (Å²) in [4.78, 5) is 43.3. The van der Waals surface area contributed by atoms with E-state index in [2.05, 4.69) is 15.6 Å². The largest absolute Gasteiger partial charge is 0.383 e. The molecule has 1 heterocycles. The van der Waals surface area contributed by atoms with Crippen molar-refractivity contribution >= 4 is 39.9 Å². The maximum atomic E-state index is 13.0. The predicted molar refractivity (Wildman–Crippen MR) is 128 cm³/mol. The lowest BCUT2D eigenvalue weighted by molar-refractivity contribution is -0.117. The molecule has 0 aliphatic rings. The lowest BCUT2D eigenvalue weighted by atomic mass is 10.1. The molecule has 0 aliphatic carbocycles. The van der Waals surface area contributed by atoms with E-state index in [0.717, 1.165) is 5.56 Å². The molecule has 1 aromatic heterocycles. The molecule has 8 nitrogen and oxygen atoms in total. The number of nitrogens with zero attached hydrogens (tertiary/aromatic N) is 2. The Bertz CT molecular complexity index is 1130. The summed E-state index contributed by atoms with van der Waals surface area (Å²) in [5.74, 6) is -1.39. The Balaban J connectivity index is 1.56. The molecule has 0 aliphatic heterocycles. The van der Waals surface area contributed by atoms with Crippen molar-refractivity contribution in [3.05, 3.63) is 76.5 Å². The van der Waals surface area contributed by atoms with Crippen LogP contribution in [0.5, 0.6) is 0 Å². The zero-order valence-corrected chi connectivity index (χ0v) is 19.7. The van der Waals surface area contributed by atoms with Gasteiger partial charge >= 0.3 is 0 Å². The molecule has 178 valence electrons. The summed E-state index contributed by atoms with van der Waals surface area (Å²) >= 11 is 1.18. The number of methoxy groups -OCH3 is 1. The highest BCUT2D eigenvalue weighted by molar-refractivity contribution is 7.13. The van der Waals surface area contributed by atoms with Gasteiger partial charge in [-0.2, -0.15) is 0 Å². The van der Waals surface area contributed by atoms with Crippen molar-refractivity contribution in [2.45, 2.75) is 13.3 Å². The molecule has 3 aromatic rings. The van der Waals surface area contributed by atoms with Gasteiger partial charge in [0.1, 0.15) is 12.4 Å². The second-order valence-corrected chi connectivity index (χ2v) is 8.37. The van der Waals surface area contributed by atoms with Gasteiger partial charge in [0.05, 0.1) is 18.7 Å². The van der Waals surface area contributed by atoms with Gasteiger partial charge in [-0.25, -0.2) is 9.37 Å². The minimum Gasteiger partial charge on any atom is -0.383 e. The number of halogens is 1. The number of carbonyl (C=O) groups excluding carboxylic acids is 3. The average Bonchev–Trinajstić information content (AvgIpc) is 3.24. The molecule has 34 heavy (non-hydrogen) atoms. The molecule has 3 amide bonds. The lowest BCUT2D eigenvalue weighted by Gasteiger charge is -2.21. The fraction of sp³-hybridized carbons (Fsp3) is 0.250. The van der Waals surface area contributed by atoms with Gasteiger partial charge in [0.25, 0.3) is 5.91 Å². The lowest BCUT2D eigenvalue weighted by Crippen LogP contribution is -2.40. The van der Waals surface area contributed by atoms with Gasteiger partial charge in [-0.1, -0.05) is 17.7 Å². The van der Waals surface area contributed by atoms with Gasteiger partial charge in [-0.05, 0) is 43.3 Å². The first-order valence-electron chi connectivity index (χ1n) is 10.5. The maximum absolute atomic E-state index is 13.0. The van der Waals surface area contributed by atoms with E-state index in [9.17, 15) is 18.8 Å². The molecule has 10 heteroatoms. The molecule has 0 spiro atoms. The van der Waals surface area contributed by atoms with Gasteiger partial charge in [0, 0.05) is 30.3 Å². The Hall–Kier alpha value is -3.63. The van der Waals surface area contributed by atoms with E-state index in [0.29, 0.717) is 22.1 Å². The summed E-state index contributed by atoms with van der Waals surface area (Å²) in [5.41, 5.74) is 2.47. The van der Waals surface area contributed by atoms with Gasteiger partial charge in [0.15, 0.2) is 5.13 Å². The molecule has 0 saturated carbocycles. The van der Waals surface area contributed by atoms with E-state index >= 15 is 0 Å². The molecule has 2 aromatic carbocycles. The van der Waals surface area contributed by atoms with Crippen molar-refractivity contribution in [1.29, 1.82) is 0 Å². The summed E-state index contributed by atoms with van der Waals surface area (Å²) in [6.45, 7) is 2.30. The van der Waals surface area contributed by atoms with Gasteiger partial charge < -0.3 is 20.3 Å². The molecular formula is C24H25FN4O4S. The molecule has 0 atom stereocenters. The first-order valence-corrected chi connectivity index (χ1v) is 11.4. The van der Waals surface area contributed by atoms with Crippen molar-refractivity contribution in [2.24, 2.45) is 0 Å². The highest BCUT2D eigenvalue weighted by Gasteiger charge is 2.19. The van der Waals surface area contributed by atoms with Crippen LogP contribution in [0.1, 0.15) is 21.6 Å². The summed E-state index contributed by atoms with van der Waals surface area (Å²) in [5, 5.41) is 7.32. The van der Waals surface area contributed by atoms with Gasteiger partial charge in [-0.15, -0.1) is 11.3 Å². The topological polar surface area (TPSA) is 101 Å². The summed E-state index contributed by atoms with van der Waals surface area (Å²) in [6, 6.07) is 12.6. The van der Waals surface area contributed by atoms with E-state index in [4.69, 9.17) is 4.74 Å². The van der Waals surface area contributed by atoms with Crippen LogP contribution in [0.15, 0.2) is 53.9 Å². The minimum atomic E-state index is -0.409. The Kier molecular flexibility index (Phi) is 8.83. The number of hydrogen-bond donors (Lipinski definition) is 2. The van der Waals surface area contributed by atoms with Gasteiger partial charge in [0.2, 0.25) is 11.8 Å². The van der Waals surface area contributed by atoms with Crippen molar-refractivity contribution in [3.8, 4) is 0 Å². The third kappa shape index (κ3) is 7.46. The Morgan fingerprint density at radius 3 is 2.41 bits per heavy atom. The van der Waals surface area contributed by atoms with Crippen LogP contribution in [0.25, 0.3) is 0 Å². The predicted octanol–water partition coefficient (Wildman–Crippen LogP) is 3.50. The molecule has 0 unspecified atom stereocenters. The van der Waals surface area contributed by atoms with Crippen LogP contribution in [0.3, 0.4) is 0 Å². The van der Waals surface area contributed by atoms with E-state index < -0.39 is 5.91 Å². The zero-order valence-electron chi connectivity index (χ0n) is 18.8. The van der Waals surface area contributed by atoms with Crippen molar-refractivity contribution in [2.75, 3.05) is 37.4 Å². The number of rotatable bonds is 10. The SMILES string of the molecule is COCCN(CC(=O)Nc1nc(CC(=O)Nc2ccc(F)cc2)cs1)C(=O)c1ccc(C)cc1. The standard InChI is InChI=1S/C24H25FN4O4S/c1-16-3-5-17(6-4-16)23(32)29(11-12-33-2)14-22(31)28-24-27-20(15-34-24)13-21(30)26-19-9-7-18(25)8-10-19/h3-10,15H,11-14H2,1-2H3,(H,26,30)(H,27,28,31). The van der Waals surface area contributed by atoms with E-state index in [1.165, 1.54) is 47.6 Å². The van der Waals surface area contributed by atoms with Crippen LogP contribution >= 0.6 is 11.3 Å². The van der Waals surface area contributed by atoms with Crippen LogP contribution in [-0.4, -0.2) is 54.4 Å². The number of benzene rings is 2. The fourth-order valence-corrected chi connectivity index (χ4v) is 3.74. The van der Waals surface area contributed by atoms with Crippen LogP contribution in [0.2, 0.25) is 0 Å². The molecule has 3 rings (SSSR count). The van der Waals surface area contributed by atoms with E-state index in [1.54, 1.807) is 17.5 Å². The van der Waals surface area contributed by atoms with Crippen LogP contribution in [0.4, 0.5) is 15.2 Å². The molecule has 0 saturated heterocycles. The normalized spacial score (nSPS) is 10.6. The Morgan fingerprint density at radius 2 is 1.74 bits per heavy atom. The summed E-state index contributed by atoms with van der Waals surface area (Å²) in [7, 11) is 1.53. The van der Waals surface area contributed by atoms with Crippen molar-refractivity contribution in [3.63, 3.8) is 0 Å². The number of nitrogens with one attached hydrogen (secondary N) is 2. The smallest absolute Gasteiger partial charge is 0.254 e. The first kappa shape index (κ1) is 25.0. The fourth-order valence-electron chi connectivity index (χ4n) is 3.01. The van der Waals surface area contributed by atoms with Crippen LogP contribution in [-0.2, 0) is 20.7 Å². The molecule has 2 N–H and O–H groups in total. The number of carbonyl (C=O) groups is 3. The quantitative estimate of drug-likeness (QED) is 0.459. The first-order chi connectivity index (χ1) is 16.3. The molecule has 0 radical (unpaired) electrons. The molecular weight excluding hydrogens is 459 g/mol. The van der Waals surface area contributed by atoms with E-state index in [1.807, 2.05) is 19.1 Å². The Morgan fingerprint density at radius 1 is 1.03 bits per heavy atom. The highest BCUT2D eigenvalue weighted by Crippen LogP contribution is 2.17. The molecule has 0 bridgehead atoms. The number of hydrogen-bond acceptors (Lipinski definition) is 6. The van der Waals surface area contributed by atoms with Crippen molar-refractivity contribution < 1.29 is 23.5 Å². The number of aryl methyl sites for hydroxylation is 1. The number of anilines is 2. The van der Waals surface area contributed by atoms with E-state index in [-0.39, 0.29) is 43.7 Å². The Labute approximate surface area is 200 Å². The number of aromatic nitrogens is 1. The third-order valence-electron chi connectivity index (χ3n) is 4.75. The number of ether oxygens (including phenoxy) is 1. The highest BCUT2D eigenvalue weighted by atomic mass is 32.1. The summed E-state index contributed by atoms with van der Waals surface area (Å²) in [6.07, 6.45) is -0.00434. The number of thiazole rings is 1. The van der Waals surface area contributed by atoms with Crippen LogP contribution < -0.4 is 10.6 Å². The van der Waals surface area contributed by atoms with Crippen molar-refractivity contribution in [1.82, 2.24) is 9.88 Å². The average molecular weight is 485 g/mol. The minimum absolute atomic E-state index is 0.00434. The van der Waals surface area contributed by atoms with Gasteiger partial charge in [-0.3, -0.25) is 14.4 Å². The van der Waals surface area contributed by atoms with Crippen LogP contribution in [0, 0.1) is 12.7 Å². The second-order valence-electron chi connectivity index (χ2n) is 7.51. The monoisotopic (exact) mass is 484 g/mol. The third-order valence-corrected chi connectivity index (χ3v) is 5.56. The number of amides is 3. The second kappa shape index (κ2) is 12.0.